The fourth-order valence-electron chi connectivity index (χ4n) is 2.27. The van der Waals surface area contributed by atoms with E-state index < -0.39 is 0 Å². The molecule has 1 aromatic heterocycles. The quantitative estimate of drug-likeness (QED) is 0.447. The van der Waals surface area contributed by atoms with Crippen molar-refractivity contribution >= 4 is 5.96 Å². The van der Waals surface area contributed by atoms with Crippen molar-refractivity contribution in [1.29, 1.82) is 0 Å². The third-order valence-corrected chi connectivity index (χ3v) is 3.37. The van der Waals surface area contributed by atoms with E-state index in [2.05, 4.69) is 15.6 Å². The zero-order valence-corrected chi connectivity index (χ0v) is 13.5. The molecule has 23 heavy (non-hydrogen) atoms. The molecule has 0 fully saturated rings. The molecule has 124 valence electrons. The Hall–Kier alpha value is -2.30. The van der Waals surface area contributed by atoms with Crippen molar-refractivity contribution in [3.8, 4) is 0 Å². The standard InChI is InChI=1S/C18H24FN3O/c1-2-20-18(22-12-10-17-9-5-13-23-17)21-11-4-7-15-6-3-8-16(19)14-15/h3,5-6,8-9,13-14H,2,4,7,10-12H2,1H3,(H2,20,21,22). The Morgan fingerprint density at radius 1 is 1.17 bits per heavy atom. The fraction of sp³-hybridized carbons (Fsp3) is 0.389. The maximum absolute atomic E-state index is 13.1. The number of aliphatic imine (C=N–C) groups is 1. The molecule has 1 aromatic carbocycles. The Morgan fingerprint density at radius 3 is 2.83 bits per heavy atom. The topological polar surface area (TPSA) is 49.6 Å². The smallest absolute Gasteiger partial charge is 0.191 e. The van der Waals surface area contributed by atoms with Crippen molar-refractivity contribution in [1.82, 2.24) is 10.6 Å². The summed E-state index contributed by atoms with van der Waals surface area (Å²) in [5.41, 5.74) is 1.01. The summed E-state index contributed by atoms with van der Waals surface area (Å²) in [4.78, 5) is 4.54. The van der Waals surface area contributed by atoms with Gasteiger partial charge in [0.15, 0.2) is 5.96 Å². The molecular weight excluding hydrogens is 293 g/mol. The van der Waals surface area contributed by atoms with Crippen LogP contribution in [0.3, 0.4) is 0 Å². The second kappa shape index (κ2) is 9.66. The van der Waals surface area contributed by atoms with Crippen LogP contribution >= 0.6 is 0 Å². The zero-order chi connectivity index (χ0) is 16.3. The van der Waals surface area contributed by atoms with Crippen LogP contribution in [0.1, 0.15) is 24.7 Å². The maximum Gasteiger partial charge on any atom is 0.191 e. The summed E-state index contributed by atoms with van der Waals surface area (Å²) >= 11 is 0. The van der Waals surface area contributed by atoms with Crippen molar-refractivity contribution in [2.75, 3.05) is 19.6 Å². The van der Waals surface area contributed by atoms with E-state index in [-0.39, 0.29) is 5.82 Å². The van der Waals surface area contributed by atoms with Crippen LogP contribution in [0.4, 0.5) is 4.39 Å². The summed E-state index contributed by atoms with van der Waals surface area (Å²) in [5.74, 6) is 1.58. The lowest BCUT2D eigenvalue weighted by atomic mass is 10.1. The van der Waals surface area contributed by atoms with E-state index in [0.29, 0.717) is 6.54 Å². The van der Waals surface area contributed by atoms with Gasteiger partial charge in [-0.25, -0.2) is 4.39 Å². The van der Waals surface area contributed by atoms with Crippen molar-refractivity contribution in [3.05, 3.63) is 59.8 Å². The summed E-state index contributed by atoms with van der Waals surface area (Å²) in [6.07, 6.45) is 4.22. The molecule has 0 amide bonds. The van der Waals surface area contributed by atoms with Crippen LogP contribution < -0.4 is 10.6 Å². The molecule has 1 heterocycles. The van der Waals surface area contributed by atoms with Gasteiger partial charge in [0.1, 0.15) is 11.6 Å². The molecule has 0 saturated heterocycles. The number of furan rings is 1. The minimum absolute atomic E-state index is 0.182. The van der Waals surface area contributed by atoms with E-state index >= 15 is 0 Å². The third kappa shape index (κ3) is 6.55. The molecule has 2 rings (SSSR count). The van der Waals surface area contributed by atoms with Crippen LogP contribution in [0.25, 0.3) is 0 Å². The second-order valence-corrected chi connectivity index (χ2v) is 5.25. The lowest BCUT2D eigenvalue weighted by Gasteiger charge is -2.10. The molecule has 0 atom stereocenters. The molecule has 0 unspecified atom stereocenters. The third-order valence-electron chi connectivity index (χ3n) is 3.37. The van der Waals surface area contributed by atoms with Crippen LogP contribution in [-0.2, 0) is 12.8 Å². The van der Waals surface area contributed by atoms with E-state index in [9.17, 15) is 4.39 Å². The minimum Gasteiger partial charge on any atom is -0.469 e. The number of nitrogens with one attached hydrogen (secondary N) is 2. The molecule has 5 heteroatoms. The van der Waals surface area contributed by atoms with Gasteiger partial charge in [0.2, 0.25) is 0 Å². The number of rotatable bonds is 8. The van der Waals surface area contributed by atoms with Crippen LogP contribution in [-0.4, -0.2) is 25.6 Å². The van der Waals surface area contributed by atoms with E-state index in [1.165, 1.54) is 6.07 Å². The van der Waals surface area contributed by atoms with E-state index in [1.54, 1.807) is 18.4 Å². The highest BCUT2D eigenvalue weighted by atomic mass is 19.1. The molecular formula is C18H24FN3O. The van der Waals surface area contributed by atoms with Gasteiger partial charge in [-0.05, 0) is 49.6 Å². The van der Waals surface area contributed by atoms with E-state index in [1.807, 2.05) is 25.1 Å². The van der Waals surface area contributed by atoms with Crippen molar-refractivity contribution in [2.45, 2.75) is 26.2 Å². The summed E-state index contributed by atoms with van der Waals surface area (Å²) in [6.45, 7) is 4.32. The number of guanidine groups is 1. The number of halogens is 1. The predicted octanol–water partition coefficient (Wildman–Crippen LogP) is 3.15. The SMILES string of the molecule is CCNC(=NCCCc1cccc(F)c1)NCCc1ccco1. The highest BCUT2D eigenvalue weighted by Gasteiger charge is 2.00. The maximum atomic E-state index is 13.1. The molecule has 0 aliphatic heterocycles. The first-order valence-electron chi connectivity index (χ1n) is 8.07. The first-order chi connectivity index (χ1) is 11.3. The highest BCUT2D eigenvalue weighted by molar-refractivity contribution is 5.79. The monoisotopic (exact) mass is 317 g/mol. The number of aryl methyl sites for hydroxylation is 1. The zero-order valence-electron chi connectivity index (χ0n) is 13.5. The minimum atomic E-state index is -0.182. The fourth-order valence-corrected chi connectivity index (χ4v) is 2.27. The summed E-state index contributed by atoms with van der Waals surface area (Å²) < 4.78 is 18.4. The van der Waals surface area contributed by atoms with Gasteiger partial charge in [0.25, 0.3) is 0 Å². The van der Waals surface area contributed by atoms with Crippen molar-refractivity contribution in [3.63, 3.8) is 0 Å². The number of hydrogen-bond donors (Lipinski definition) is 2. The Labute approximate surface area is 136 Å². The van der Waals surface area contributed by atoms with Gasteiger partial charge in [-0.15, -0.1) is 0 Å². The molecule has 2 N–H and O–H groups in total. The van der Waals surface area contributed by atoms with Crippen LogP contribution in [0, 0.1) is 5.82 Å². The van der Waals surface area contributed by atoms with Crippen molar-refractivity contribution in [2.24, 2.45) is 4.99 Å². The average Bonchev–Trinajstić information content (AvgIpc) is 3.05. The van der Waals surface area contributed by atoms with Gasteiger partial charge < -0.3 is 15.1 Å². The van der Waals surface area contributed by atoms with Crippen LogP contribution in [0.15, 0.2) is 52.1 Å². The molecule has 0 saturated carbocycles. The van der Waals surface area contributed by atoms with E-state index in [4.69, 9.17) is 4.42 Å². The van der Waals surface area contributed by atoms with Gasteiger partial charge >= 0.3 is 0 Å². The summed E-state index contributed by atoms with van der Waals surface area (Å²) in [7, 11) is 0. The highest BCUT2D eigenvalue weighted by Crippen LogP contribution is 2.06. The molecule has 0 radical (unpaired) electrons. The van der Waals surface area contributed by atoms with Crippen LogP contribution in [0.5, 0.6) is 0 Å². The molecule has 0 bridgehead atoms. The lowest BCUT2D eigenvalue weighted by Crippen LogP contribution is -2.38. The molecule has 4 nitrogen and oxygen atoms in total. The van der Waals surface area contributed by atoms with Crippen molar-refractivity contribution < 1.29 is 8.81 Å². The van der Waals surface area contributed by atoms with Gasteiger partial charge in [-0.1, -0.05) is 12.1 Å². The second-order valence-electron chi connectivity index (χ2n) is 5.25. The molecule has 2 aromatic rings. The molecule has 0 spiro atoms. The number of benzene rings is 1. The first-order valence-corrected chi connectivity index (χ1v) is 8.07. The summed E-state index contributed by atoms with van der Waals surface area (Å²) in [6, 6.07) is 10.6. The van der Waals surface area contributed by atoms with E-state index in [0.717, 1.165) is 49.6 Å². The molecule has 0 aliphatic rings. The molecule has 0 aliphatic carbocycles. The Balaban J connectivity index is 1.72. The summed E-state index contributed by atoms with van der Waals surface area (Å²) in [5, 5.41) is 6.50. The normalized spacial score (nSPS) is 11.5. The Kier molecular flexibility index (Phi) is 7.17. The van der Waals surface area contributed by atoms with Gasteiger partial charge in [-0.3, -0.25) is 4.99 Å². The van der Waals surface area contributed by atoms with Gasteiger partial charge in [0.05, 0.1) is 6.26 Å². The van der Waals surface area contributed by atoms with Crippen LogP contribution in [0.2, 0.25) is 0 Å². The largest absolute Gasteiger partial charge is 0.469 e. The number of hydrogen-bond acceptors (Lipinski definition) is 2. The Bertz CT molecular complexity index is 596. The van der Waals surface area contributed by atoms with Gasteiger partial charge in [-0.2, -0.15) is 0 Å². The first kappa shape index (κ1) is 17.1. The Morgan fingerprint density at radius 2 is 2.09 bits per heavy atom. The number of nitrogens with zero attached hydrogens (tertiary/aromatic N) is 1. The lowest BCUT2D eigenvalue weighted by molar-refractivity contribution is 0.507. The predicted molar refractivity (Wildman–Crippen MR) is 91.1 cm³/mol. The van der Waals surface area contributed by atoms with Gasteiger partial charge in [0, 0.05) is 26.1 Å². The average molecular weight is 317 g/mol.